The molecular weight excluding hydrogens is 396 g/mol. The molecule has 2 N–H and O–H groups in total. The highest BCUT2D eigenvalue weighted by molar-refractivity contribution is 6.33. The van der Waals surface area contributed by atoms with Crippen LogP contribution in [0.4, 0.5) is 0 Å². The van der Waals surface area contributed by atoms with Crippen molar-refractivity contribution in [3.8, 4) is 22.7 Å². The van der Waals surface area contributed by atoms with E-state index in [0.29, 0.717) is 22.9 Å². The van der Waals surface area contributed by atoms with Gasteiger partial charge < -0.3 is 15.0 Å². The molecule has 1 aromatic heterocycles. The van der Waals surface area contributed by atoms with Crippen molar-refractivity contribution in [3.63, 3.8) is 0 Å². The molecule has 30 heavy (non-hydrogen) atoms. The minimum absolute atomic E-state index is 0.436. The first-order valence-corrected chi connectivity index (χ1v) is 9.96. The Labute approximate surface area is 180 Å². The van der Waals surface area contributed by atoms with Crippen molar-refractivity contribution in [2.45, 2.75) is 13.5 Å². The Morgan fingerprint density at radius 3 is 2.50 bits per heavy atom. The largest absolute Gasteiger partial charge is 0.488 e. The fourth-order valence-electron chi connectivity index (χ4n) is 3.48. The number of hydrogen-bond acceptors (Lipinski definition) is 2. The summed E-state index contributed by atoms with van der Waals surface area (Å²) >= 11 is 6.63. The van der Waals surface area contributed by atoms with E-state index in [1.807, 2.05) is 84.3 Å². The van der Waals surface area contributed by atoms with Crippen molar-refractivity contribution in [2.75, 3.05) is 0 Å². The Bertz CT molecular complexity index is 1200. The Morgan fingerprint density at radius 2 is 1.73 bits per heavy atom. The van der Waals surface area contributed by atoms with Crippen molar-refractivity contribution in [2.24, 2.45) is 5.73 Å². The van der Waals surface area contributed by atoms with E-state index in [1.165, 1.54) is 0 Å². The van der Waals surface area contributed by atoms with E-state index in [1.54, 1.807) is 12.1 Å². The Morgan fingerprint density at radius 1 is 0.967 bits per heavy atom. The Kier molecular flexibility index (Phi) is 5.59. The average Bonchev–Trinajstić information content (AvgIpc) is 3.14. The molecule has 0 aliphatic rings. The van der Waals surface area contributed by atoms with E-state index in [9.17, 15) is 4.79 Å². The fourth-order valence-corrected chi connectivity index (χ4v) is 3.75. The average molecular weight is 417 g/mol. The molecule has 1 amide bonds. The van der Waals surface area contributed by atoms with Crippen LogP contribution in [-0.2, 0) is 6.61 Å². The molecule has 0 aliphatic heterocycles. The van der Waals surface area contributed by atoms with E-state index in [4.69, 9.17) is 22.1 Å². The van der Waals surface area contributed by atoms with Gasteiger partial charge in [-0.1, -0.05) is 54.1 Å². The predicted molar refractivity (Wildman–Crippen MR) is 120 cm³/mol. The second-order valence-corrected chi connectivity index (χ2v) is 7.40. The van der Waals surface area contributed by atoms with E-state index < -0.39 is 5.91 Å². The number of rotatable bonds is 6. The molecule has 0 atom stereocenters. The molecule has 0 aliphatic carbocycles. The van der Waals surface area contributed by atoms with Gasteiger partial charge in [-0.3, -0.25) is 4.79 Å². The van der Waals surface area contributed by atoms with E-state index in [0.717, 1.165) is 28.2 Å². The summed E-state index contributed by atoms with van der Waals surface area (Å²) in [6.45, 7) is 2.44. The third kappa shape index (κ3) is 3.95. The highest BCUT2D eigenvalue weighted by Gasteiger charge is 2.18. The number of amides is 1. The van der Waals surface area contributed by atoms with Gasteiger partial charge in [0.05, 0.1) is 16.3 Å². The second kappa shape index (κ2) is 8.47. The van der Waals surface area contributed by atoms with Crippen LogP contribution in [0, 0.1) is 6.92 Å². The third-order valence-electron chi connectivity index (χ3n) is 4.93. The highest BCUT2D eigenvalue weighted by Crippen LogP contribution is 2.39. The number of nitrogens with two attached hydrogens (primary N) is 1. The van der Waals surface area contributed by atoms with Crippen LogP contribution in [0.1, 0.15) is 21.6 Å². The third-order valence-corrected chi connectivity index (χ3v) is 5.25. The molecule has 0 bridgehead atoms. The van der Waals surface area contributed by atoms with Gasteiger partial charge >= 0.3 is 0 Å². The molecule has 5 heteroatoms. The zero-order valence-electron chi connectivity index (χ0n) is 16.5. The first-order chi connectivity index (χ1) is 14.5. The number of carbonyl (C=O) groups is 1. The van der Waals surface area contributed by atoms with Crippen molar-refractivity contribution in [3.05, 3.63) is 107 Å². The molecule has 4 aromatic rings. The van der Waals surface area contributed by atoms with Crippen LogP contribution >= 0.6 is 11.6 Å². The summed E-state index contributed by atoms with van der Waals surface area (Å²) in [6, 6.07) is 26.9. The van der Waals surface area contributed by atoms with Gasteiger partial charge in [-0.2, -0.15) is 0 Å². The summed E-state index contributed by atoms with van der Waals surface area (Å²) in [4.78, 5) is 11.7. The molecule has 4 nitrogen and oxygen atoms in total. The Balaban J connectivity index is 1.79. The van der Waals surface area contributed by atoms with Crippen LogP contribution in [0.2, 0.25) is 5.02 Å². The topological polar surface area (TPSA) is 57.2 Å². The lowest BCUT2D eigenvalue weighted by atomic mass is 10.1. The molecular formula is C25H21ClN2O2. The standard InChI is InChI=1S/C25H21ClN2O2/c1-17-13-14-22(28(17)20-10-5-9-19(15-20)25(27)29)24-21(26)11-6-12-23(24)30-16-18-7-3-2-4-8-18/h2-15H,16H2,1H3,(H2,27,29). The molecule has 0 unspecified atom stereocenters. The van der Waals surface area contributed by atoms with Crippen LogP contribution in [0.25, 0.3) is 16.9 Å². The number of benzene rings is 3. The smallest absolute Gasteiger partial charge is 0.248 e. The van der Waals surface area contributed by atoms with Crippen LogP contribution in [-0.4, -0.2) is 10.5 Å². The molecule has 0 spiro atoms. The molecule has 150 valence electrons. The number of aryl methyl sites for hydroxylation is 1. The molecule has 0 radical (unpaired) electrons. The first-order valence-electron chi connectivity index (χ1n) is 9.59. The van der Waals surface area contributed by atoms with Gasteiger partial charge in [0, 0.05) is 16.9 Å². The number of halogens is 1. The van der Waals surface area contributed by atoms with E-state index in [-0.39, 0.29) is 0 Å². The maximum atomic E-state index is 11.7. The molecule has 0 saturated heterocycles. The summed E-state index contributed by atoms with van der Waals surface area (Å²) in [7, 11) is 0. The second-order valence-electron chi connectivity index (χ2n) is 7.00. The zero-order chi connectivity index (χ0) is 21.1. The minimum Gasteiger partial charge on any atom is -0.488 e. The Hall–Kier alpha value is -3.50. The van der Waals surface area contributed by atoms with Gasteiger partial charge in [0.1, 0.15) is 12.4 Å². The number of nitrogens with zero attached hydrogens (tertiary/aromatic N) is 1. The summed E-state index contributed by atoms with van der Waals surface area (Å²) < 4.78 is 8.19. The van der Waals surface area contributed by atoms with Crippen LogP contribution < -0.4 is 10.5 Å². The first kappa shape index (κ1) is 19.8. The normalized spacial score (nSPS) is 10.7. The molecule has 3 aromatic carbocycles. The number of ether oxygens (including phenoxy) is 1. The number of carbonyl (C=O) groups excluding carboxylic acids is 1. The van der Waals surface area contributed by atoms with Crippen molar-refractivity contribution in [1.82, 2.24) is 4.57 Å². The molecule has 0 saturated carbocycles. The minimum atomic E-state index is -0.465. The lowest BCUT2D eigenvalue weighted by molar-refractivity contribution is 0.1000. The van der Waals surface area contributed by atoms with Crippen LogP contribution in [0.15, 0.2) is 84.9 Å². The lowest BCUT2D eigenvalue weighted by Gasteiger charge is -2.17. The summed E-state index contributed by atoms with van der Waals surface area (Å²) in [6.07, 6.45) is 0. The SMILES string of the molecule is Cc1ccc(-c2c(Cl)cccc2OCc2ccccc2)n1-c1cccc(C(N)=O)c1. The molecule has 1 heterocycles. The van der Waals surface area contributed by atoms with Crippen molar-refractivity contribution >= 4 is 17.5 Å². The number of hydrogen-bond donors (Lipinski definition) is 1. The summed E-state index contributed by atoms with van der Waals surface area (Å²) in [5.74, 6) is 0.226. The van der Waals surface area contributed by atoms with Gasteiger partial charge in [0.25, 0.3) is 0 Å². The van der Waals surface area contributed by atoms with Gasteiger partial charge in [-0.05, 0) is 55.0 Å². The molecule has 0 fully saturated rings. The molecule has 4 rings (SSSR count). The summed E-state index contributed by atoms with van der Waals surface area (Å²) in [5, 5.41) is 0.589. The quantitative estimate of drug-likeness (QED) is 0.433. The predicted octanol–water partition coefficient (Wildman–Crippen LogP) is 5.78. The van der Waals surface area contributed by atoms with Gasteiger partial charge in [0.15, 0.2) is 0 Å². The highest BCUT2D eigenvalue weighted by atomic mass is 35.5. The maximum absolute atomic E-state index is 11.7. The van der Waals surface area contributed by atoms with E-state index >= 15 is 0 Å². The van der Waals surface area contributed by atoms with Crippen molar-refractivity contribution in [1.29, 1.82) is 0 Å². The lowest BCUT2D eigenvalue weighted by Crippen LogP contribution is -2.11. The van der Waals surface area contributed by atoms with Crippen LogP contribution in [0.3, 0.4) is 0 Å². The zero-order valence-corrected chi connectivity index (χ0v) is 17.3. The van der Waals surface area contributed by atoms with Gasteiger partial charge in [0.2, 0.25) is 5.91 Å². The van der Waals surface area contributed by atoms with E-state index in [2.05, 4.69) is 0 Å². The fraction of sp³-hybridized carbons (Fsp3) is 0.0800. The van der Waals surface area contributed by atoms with Crippen LogP contribution in [0.5, 0.6) is 5.75 Å². The monoisotopic (exact) mass is 416 g/mol. The maximum Gasteiger partial charge on any atom is 0.248 e. The number of primary amides is 1. The number of aromatic nitrogens is 1. The van der Waals surface area contributed by atoms with Gasteiger partial charge in [-0.15, -0.1) is 0 Å². The van der Waals surface area contributed by atoms with Crippen molar-refractivity contribution < 1.29 is 9.53 Å². The summed E-state index contributed by atoms with van der Waals surface area (Å²) in [5.41, 5.74) is 10.5. The van der Waals surface area contributed by atoms with Gasteiger partial charge in [-0.25, -0.2) is 0 Å².